The van der Waals surface area contributed by atoms with Gasteiger partial charge in [0, 0.05) is 6.61 Å². The fourth-order valence-corrected chi connectivity index (χ4v) is 2.69. The third kappa shape index (κ3) is 3.33. The summed E-state index contributed by atoms with van der Waals surface area (Å²) in [6, 6.07) is 3.41. The van der Waals surface area contributed by atoms with E-state index in [4.69, 9.17) is 21.1 Å². The highest BCUT2D eigenvalue weighted by molar-refractivity contribution is 6.20. The number of rotatable bonds is 5. The molecule has 0 radical (unpaired) electrons. The van der Waals surface area contributed by atoms with Crippen LogP contribution in [0.3, 0.4) is 0 Å². The van der Waals surface area contributed by atoms with E-state index in [0.29, 0.717) is 17.7 Å². The predicted octanol–water partition coefficient (Wildman–Crippen LogP) is 3.09. The van der Waals surface area contributed by atoms with E-state index in [1.54, 1.807) is 12.1 Å². The molecule has 23 heavy (non-hydrogen) atoms. The molecule has 2 aromatic heterocycles. The lowest BCUT2D eigenvalue weighted by atomic mass is 10.2. The summed E-state index contributed by atoms with van der Waals surface area (Å²) in [6.07, 6.45) is 0.964. The van der Waals surface area contributed by atoms with Crippen molar-refractivity contribution in [3.63, 3.8) is 0 Å². The maximum Gasteiger partial charge on any atom is 0.357 e. The van der Waals surface area contributed by atoms with Gasteiger partial charge in [-0.1, -0.05) is 0 Å². The number of imidazole rings is 1. The molecule has 124 valence electrons. The summed E-state index contributed by atoms with van der Waals surface area (Å²) in [5, 5.41) is -0.254. The first-order chi connectivity index (χ1) is 11.0. The Morgan fingerprint density at radius 1 is 1.43 bits per heavy atom. The minimum atomic E-state index is -0.435. The topological polar surface area (TPSA) is 66.2 Å². The minimum Gasteiger partial charge on any atom is -0.458 e. The van der Waals surface area contributed by atoms with Gasteiger partial charge in [0.25, 0.3) is 0 Å². The van der Waals surface area contributed by atoms with E-state index in [9.17, 15) is 4.79 Å². The summed E-state index contributed by atoms with van der Waals surface area (Å²) < 4.78 is 12.7. The normalized spacial score (nSPS) is 18.9. The fraction of sp³-hybridized carbons (Fsp3) is 0.562. The summed E-state index contributed by atoms with van der Waals surface area (Å²) in [7, 11) is 0. The Hall–Kier alpha value is -1.66. The van der Waals surface area contributed by atoms with Gasteiger partial charge in [0.05, 0.1) is 24.1 Å². The van der Waals surface area contributed by atoms with Gasteiger partial charge >= 0.3 is 5.97 Å². The van der Waals surface area contributed by atoms with Gasteiger partial charge in [-0.05, 0) is 39.3 Å². The number of ether oxygens (including phenoxy) is 2. The molecular weight excluding hydrogens is 318 g/mol. The number of esters is 1. The highest BCUT2D eigenvalue weighted by Crippen LogP contribution is 2.26. The molecule has 0 saturated carbocycles. The third-order valence-corrected chi connectivity index (χ3v) is 3.90. The van der Waals surface area contributed by atoms with Crippen molar-refractivity contribution in [1.29, 1.82) is 0 Å². The Kier molecular flexibility index (Phi) is 4.55. The van der Waals surface area contributed by atoms with Gasteiger partial charge in [0.15, 0.2) is 11.3 Å². The van der Waals surface area contributed by atoms with Crippen LogP contribution in [-0.2, 0) is 16.0 Å². The van der Waals surface area contributed by atoms with Crippen molar-refractivity contribution in [2.45, 2.75) is 51.3 Å². The van der Waals surface area contributed by atoms with Crippen LogP contribution in [0.4, 0.5) is 0 Å². The van der Waals surface area contributed by atoms with Crippen molar-refractivity contribution in [1.82, 2.24) is 14.5 Å². The van der Waals surface area contributed by atoms with Crippen LogP contribution in [0.15, 0.2) is 12.1 Å². The maximum atomic E-state index is 12.1. The number of hydrogen-bond donors (Lipinski definition) is 0. The maximum absolute atomic E-state index is 12.1. The van der Waals surface area contributed by atoms with Crippen LogP contribution in [0.5, 0.6) is 0 Å². The molecule has 3 heterocycles. The molecule has 0 aliphatic carbocycles. The molecule has 7 heteroatoms. The zero-order chi connectivity index (χ0) is 16.6. The zero-order valence-electron chi connectivity index (χ0n) is 13.5. The van der Waals surface area contributed by atoms with Gasteiger partial charge < -0.3 is 14.0 Å². The molecule has 0 amide bonds. The SMILES string of the molecule is CC(C)OC(=O)c1ccc2nc(C(C)Cl)n(C[C@@H]3CCO3)c2n1. The first-order valence-corrected chi connectivity index (χ1v) is 8.23. The molecule has 1 fully saturated rings. The van der Waals surface area contributed by atoms with Gasteiger partial charge in [-0.15, -0.1) is 11.6 Å². The second-order valence-electron chi connectivity index (χ2n) is 5.97. The van der Waals surface area contributed by atoms with E-state index < -0.39 is 5.97 Å². The van der Waals surface area contributed by atoms with Gasteiger partial charge in [0.2, 0.25) is 0 Å². The molecule has 1 aliphatic rings. The van der Waals surface area contributed by atoms with Crippen LogP contribution in [0, 0.1) is 0 Å². The number of aromatic nitrogens is 3. The smallest absolute Gasteiger partial charge is 0.357 e. The average Bonchev–Trinajstić information content (AvgIpc) is 2.80. The summed E-state index contributed by atoms with van der Waals surface area (Å²) in [5.41, 5.74) is 1.63. The van der Waals surface area contributed by atoms with E-state index in [0.717, 1.165) is 18.9 Å². The lowest BCUT2D eigenvalue weighted by Crippen LogP contribution is -2.32. The Morgan fingerprint density at radius 3 is 2.74 bits per heavy atom. The van der Waals surface area contributed by atoms with Crippen LogP contribution in [-0.4, -0.2) is 39.3 Å². The highest BCUT2D eigenvalue weighted by Gasteiger charge is 2.24. The summed E-state index contributed by atoms with van der Waals surface area (Å²) in [5.74, 6) is 0.300. The zero-order valence-corrected chi connectivity index (χ0v) is 14.2. The van der Waals surface area contributed by atoms with E-state index >= 15 is 0 Å². The number of pyridine rings is 1. The number of fused-ring (bicyclic) bond motifs is 1. The van der Waals surface area contributed by atoms with E-state index in [1.165, 1.54) is 0 Å². The molecule has 3 rings (SSSR count). The van der Waals surface area contributed by atoms with E-state index in [1.807, 2.05) is 25.3 Å². The van der Waals surface area contributed by atoms with Crippen molar-refractivity contribution < 1.29 is 14.3 Å². The van der Waals surface area contributed by atoms with Crippen LogP contribution < -0.4 is 0 Å². The molecule has 2 aromatic rings. The Bertz CT molecular complexity index is 723. The predicted molar refractivity (Wildman–Crippen MR) is 86.7 cm³/mol. The number of halogens is 1. The van der Waals surface area contributed by atoms with Crippen molar-refractivity contribution in [3.05, 3.63) is 23.7 Å². The van der Waals surface area contributed by atoms with Gasteiger partial charge in [-0.3, -0.25) is 0 Å². The fourth-order valence-electron chi connectivity index (χ4n) is 2.52. The summed E-state index contributed by atoms with van der Waals surface area (Å²) in [6.45, 7) is 6.90. The number of carbonyl (C=O) groups is 1. The molecule has 0 bridgehead atoms. The van der Waals surface area contributed by atoms with Crippen molar-refractivity contribution >= 4 is 28.7 Å². The monoisotopic (exact) mass is 337 g/mol. The standard InChI is InChI=1S/C16H20ClN3O3/c1-9(2)23-16(21)13-5-4-12-15(19-13)20(8-11-6-7-22-11)14(18-12)10(3)17/h4-5,9-11H,6-8H2,1-3H3/t10?,11-/m0/s1. The molecular formula is C16H20ClN3O3. The Labute approximate surface area is 139 Å². The number of nitrogens with zero attached hydrogens (tertiary/aromatic N) is 3. The minimum absolute atomic E-state index is 0.148. The molecule has 2 atom stereocenters. The molecule has 0 spiro atoms. The Morgan fingerprint density at radius 2 is 2.17 bits per heavy atom. The number of hydrogen-bond acceptors (Lipinski definition) is 5. The molecule has 6 nitrogen and oxygen atoms in total. The number of alkyl halides is 1. The quantitative estimate of drug-likeness (QED) is 0.619. The molecule has 0 N–H and O–H groups in total. The van der Waals surface area contributed by atoms with Crippen LogP contribution in [0.25, 0.3) is 11.2 Å². The van der Waals surface area contributed by atoms with Gasteiger partial charge in [0.1, 0.15) is 11.3 Å². The van der Waals surface area contributed by atoms with Crippen molar-refractivity contribution in [2.75, 3.05) is 6.61 Å². The average molecular weight is 338 g/mol. The number of carbonyl (C=O) groups excluding carboxylic acids is 1. The lowest BCUT2D eigenvalue weighted by molar-refractivity contribution is -0.0590. The van der Waals surface area contributed by atoms with Crippen molar-refractivity contribution in [3.8, 4) is 0 Å². The molecule has 0 aromatic carbocycles. The van der Waals surface area contributed by atoms with E-state index in [-0.39, 0.29) is 23.3 Å². The van der Waals surface area contributed by atoms with E-state index in [2.05, 4.69) is 9.97 Å². The van der Waals surface area contributed by atoms with Crippen LogP contribution in [0.1, 0.15) is 48.9 Å². The first kappa shape index (κ1) is 16.2. The second kappa shape index (κ2) is 6.45. The molecule has 1 saturated heterocycles. The summed E-state index contributed by atoms with van der Waals surface area (Å²) in [4.78, 5) is 21.1. The highest BCUT2D eigenvalue weighted by atomic mass is 35.5. The van der Waals surface area contributed by atoms with Gasteiger partial charge in [-0.25, -0.2) is 14.8 Å². The lowest BCUT2D eigenvalue weighted by Gasteiger charge is -2.27. The van der Waals surface area contributed by atoms with Gasteiger partial charge in [-0.2, -0.15) is 0 Å². The first-order valence-electron chi connectivity index (χ1n) is 7.79. The third-order valence-electron chi connectivity index (χ3n) is 3.71. The summed E-state index contributed by atoms with van der Waals surface area (Å²) >= 11 is 6.25. The largest absolute Gasteiger partial charge is 0.458 e. The van der Waals surface area contributed by atoms with Crippen LogP contribution in [0.2, 0.25) is 0 Å². The van der Waals surface area contributed by atoms with Crippen LogP contribution >= 0.6 is 11.6 Å². The Balaban J connectivity index is 2.01. The van der Waals surface area contributed by atoms with Crippen molar-refractivity contribution in [2.24, 2.45) is 0 Å². The second-order valence-corrected chi connectivity index (χ2v) is 6.63. The molecule has 1 aliphatic heterocycles. The molecule has 1 unspecified atom stereocenters.